The number of para-hydroxylation sites is 1. The van der Waals surface area contributed by atoms with E-state index in [1.807, 2.05) is 48.7 Å². The molecule has 5 heteroatoms. The minimum Gasteiger partial charge on any atom is -0.367 e. The molecule has 0 spiro atoms. The number of halogens is 1. The smallest absolute Gasteiger partial charge is 0.125 e. The minimum absolute atomic E-state index is 0.249. The zero-order chi connectivity index (χ0) is 17.9. The molecule has 0 amide bonds. The highest BCUT2D eigenvalue weighted by atomic mass is 32.1. The second-order valence-electron chi connectivity index (χ2n) is 6.06. The van der Waals surface area contributed by atoms with Gasteiger partial charge in [0, 0.05) is 36.7 Å². The zero-order valence-electron chi connectivity index (χ0n) is 14.4. The average molecular weight is 363 g/mol. The third-order valence-electron chi connectivity index (χ3n) is 4.27. The molecular weight excluding hydrogens is 345 g/mol. The molecule has 2 aromatic heterocycles. The van der Waals surface area contributed by atoms with Gasteiger partial charge in [0.15, 0.2) is 0 Å². The average Bonchev–Trinajstić information content (AvgIpc) is 3.11. The molecule has 0 fully saturated rings. The van der Waals surface area contributed by atoms with Gasteiger partial charge in [0.05, 0.1) is 10.2 Å². The molecule has 4 aromatic rings. The lowest BCUT2D eigenvalue weighted by molar-refractivity contribution is 0.627. The summed E-state index contributed by atoms with van der Waals surface area (Å²) < 4.78 is 15.4. The summed E-state index contributed by atoms with van der Waals surface area (Å²) >= 11 is 1.58. The van der Waals surface area contributed by atoms with Gasteiger partial charge in [0.25, 0.3) is 0 Å². The first kappa shape index (κ1) is 16.7. The molecule has 0 bridgehead atoms. The summed E-state index contributed by atoms with van der Waals surface area (Å²) in [6, 6.07) is 17.1. The van der Waals surface area contributed by atoms with Gasteiger partial charge >= 0.3 is 0 Å². The standard InChI is InChI=1S/C21H18FN3S/c1-2-25(14-15-6-5-9-23-13-15)18-11-16(10-17(22)12-18)21-24-19-7-3-4-8-20(19)26-21/h3-13H,2,14H2,1H3. The maximum atomic E-state index is 14.3. The molecule has 0 saturated heterocycles. The summed E-state index contributed by atoms with van der Waals surface area (Å²) in [5, 5.41) is 0.837. The minimum atomic E-state index is -0.249. The Balaban J connectivity index is 1.70. The van der Waals surface area contributed by atoms with E-state index in [1.54, 1.807) is 29.7 Å². The van der Waals surface area contributed by atoms with E-state index in [0.29, 0.717) is 6.54 Å². The van der Waals surface area contributed by atoms with Crippen molar-refractivity contribution in [2.24, 2.45) is 0 Å². The van der Waals surface area contributed by atoms with Crippen LogP contribution in [0.15, 0.2) is 67.0 Å². The first-order chi connectivity index (χ1) is 12.7. The van der Waals surface area contributed by atoms with Crippen LogP contribution in [-0.2, 0) is 6.54 Å². The van der Waals surface area contributed by atoms with Gasteiger partial charge in [-0.1, -0.05) is 18.2 Å². The largest absolute Gasteiger partial charge is 0.367 e. The van der Waals surface area contributed by atoms with Crippen LogP contribution in [0.2, 0.25) is 0 Å². The molecule has 2 aromatic carbocycles. The quantitative estimate of drug-likeness (QED) is 0.467. The van der Waals surface area contributed by atoms with Gasteiger partial charge in [-0.3, -0.25) is 4.98 Å². The van der Waals surface area contributed by atoms with Gasteiger partial charge < -0.3 is 4.90 Å². The third-order valence-corrected chi connectivity index (χ3v) is 5.35. The van der Waals surface area contributed by atoms with Crippen LogP contribution in [0.4, 0.5) is 10.1 Å². The number of aromatic nitrogens is 2. The molecule has 130 valence electrons. The van der Waals surface area contributed by atoms with E-state index in [1.165, 1.54) is 0 Å². The van der Waals surface area contributed by atoms with Crippen molar-refractivity contribution in [1.82, 2.24) is 9.97 Å². The van der Waals surface area contributed by atoms with Crippen molar-refractivity contribution in [2.75, 3.05) is 11.4 Å². The molecule has 26 heavy (non-hydrogen) atoms. The van der Waals surface area contributed by atoms with Crippen molar-refractivity contribution in [3.63, 3.8) is 0 Å². The fourth-order valence-electron chi connectivity index (χ4n) is 2.97. The van der Waals surface area contributed by atoms with Crippen LogP contribution in [0.1, 0.15) is 12.5 Å². The van der Waals surface area contributed by atoms with Crippen LogP contribution in [0.25, 0.3) is 20.8 Å². The maximum absolute atomic E-state index is 14.3. The summed E-state index contributed by atoms with van der Waals surface area (Å²) in [7, 11) is 0. The fourth-order valence-corrected chi connectivity index (χ4v) is 3.93. The van der Waals surface area contributed by atoms with Crippen molar-refractivity contribution in [3.05, 3.63) is 78.4 Å². The van der Waals surface area contributed by atoms with E-state index in [4.69, 9.17) is 0 Å². The van der Waals surface area contributed by atoms with E-state index < -0.39 is 0 Å². The zero-order valence-corrected chi connectivity index (χ0v) is 15.2. The monoisotopic (exact) mass is 363 g/mol. The van der Waals surface area contributed by atoms with Crippen molar-refractivity contribution in [2.45, 2.75) is 13.5 Å². The van der Waals surface area contributed by atoms with Crippen LogP contribution >= 0.6 is 11.3 Å². The number of fused-ring (bicyclic) bond motifs is 1. The summed E-state index contributed by atoms with van der Waals surface area (Å²) in [4.78, 5) is 11.0. The fraction of sp³-hybridized carbons (Fsp3) is 0.143. The van der Waals surface area contributed by atoms with Gasteiger partial charge in [-0.15, -0.1) is 11.3 Å². The second-order valence-corrected chi connectivity index (χ2v) is 7.09. The van der Waals surface area contributed by atoms with E-state index in [0.717, 1.165) is 38.6 Å². The number of anilines is 1. The van der Waals surface area contributed by atoms with Crippen LogP contribution in [0, 0.1) is 5.82 Å². The van der Waals surface area contributed by atoms with E-state index in [2.05, 4.69) is 21.8 Å². The van der Waals surface area contributed by atoms with Gasteiger partial charge in [-0.25, -0.2) is 9.37 Å². The number of rotatable bonds is 5. The van der Waals surface area contributed by atoms with Crippen LogP contribution < -0.4 is 4.90 Å². The maximum Gasteiger partial charge on any atom is 0.125 e. The lowest BCUT2D eigenvalue weighted by Crippen LogP contribution is -2.22. The molecule has 0 aliphatic carbocycles. The van der Waals surface area contributed by atoms with Crippen molar-refractivity contribution >= 4 is 27.2 Å². The normalized spacial score (nSPS) is 11.0. The lowest BCUT2D eigenvalue weighted by Gasteiger charge is -2.23. The molecule has 0 aliphatic heterocycles. The van der Waals surface area contributed by atoms with Crippen molar-refractivity contribution in [1.29, 1.82) is 0 Å². The summed E-state index contributed by atoms with van der Waals surface area (Å²) in [6.45, 7) is 3.53. The van der Waals surface area contributed by atoms with E-state index in [-0.39, 0.29) is 5.82 Å². The number of nitrogens with zero attached hydrogens (tertiary/aromatic N) is 3. The number of hydrogen-bond acceptors (Lipinski definition) is 4. The Labute approximate surface area is 155 Å². The Morgan fingerprint density at radius 3 is 2.73 bits per heavy atom. The summed E-state index contributed by atoms with van der Waals surface area (Å²) in [6.07, 6.45) is 3.60. The van der Waals surface area contributed by atoms with Gasteiger partial charge in [-0.05, 0) is 48.9 Å². The van der Waals surface area contributed by atoms with Crippen molar-refractivity contribution < 1.29 is 4.39 Å². The van der Waals surface area contributed by atoms with Crippen LogP contribution in [0.3, 0.4) is 0 Å². The molecule has 0 atom stereocenters. The molecule has 4 rings (SSSR count). The first-order valence-electron chi connectivity index (χ1n) is 8.53. The molecule has 0 aliphatic rings. The Bertz CT molecular complexity index is 997. The van der Waals surface area contributed by atoms with E-state index in [9.17, 15) is 4.39 Å². The second kappa shape index (κ2) is 7.22. The number of hydrogen-bond donors (Lipinski definition) is 0. The Hall–Kier alpha value is -2.79. The third kappa shape index (κ3) is 3.44. The van der Waals surface area contributed by atoms with Gasteiger partial charge in [0.1, 0.15) is 10.8 Å². The first-order valence-corrected chi connectivity index (χ1v) is 9.35. The highest BCUT2D eigenvalue weighted by Gasteiger charge is 2.12. The highest BCUT2D eigenvalue weighted by Crippen LogP contribution is 2.33. The predicted octanol–water partition coefficient (Wildman–Crippen LogP) is 5.52. The molecule has 3 nitrogen and oxygen atoms in total. The molecular formula is C21H18FN3S. The molecule has 0 saturated carbocycles. The SMILES string of the molecule is CCN(Cc1cccnc1)c1cc(F)cc(-c2nc3ccccc3s2)c1. The van der Waals surface area contributed by atoms with Crippen molar-refractivity contribution in [3.8, 4) is 10.6 Å². The molecule has 2 heterocycles. The Morgan fingerprint density at radius 2 is 1.96 bits per heavy atom. The number of thiazole rings is 1. The predicted molar refractivity (Wildman–Crippen MR) is 106 cm³/mol. The van der Waals surface area contributed by atoms with Gasteiger partial charge in [-0.2, -0.15) is 0 Å². The van der Waals surface area contributed by atoms with Crippen LogP contribution in [-0.4, -0.2) is 16.5 Å². The lowest BCUT2D eigenvalue weighted by atomic mass is 10.1. The summed E-state index contributed by atoms with van der Waals surface area (Å²) in [5.41, 5.74) is 3.71. The Kier molecular flexibility index (Phi) is 4.63. The highest BCUT2D eigenvalue weighted by molar-refractivity contribution is 7.21. The van der Waals surface area contributed by atoms with Crippen LogP contribution in [0.5, 0.6) is 0 Å². The number of pyridine rings is 1. The molecule has 0 N–H and O–H groups in total. The number of benzene rings is 2. The molecule has 0 unspecified atom stereocenters. The van der Waals surface area contributed by atoms with E-state index >= 15 is 0 Å². The Morgan fingerprint density at radius 1 is 1.08 bits per heavy atom. The summed E-state index contributed by atoms with van der Waals surface area (Å²) in [5.74, 6) is -0.249. The molecule has 0 radical (unpaired) electrons. The van der Waals surface area contributed by atoms with Gasteiger partial charge in [0.2, 0.25) is 0 Å². The topological polar surface area (TPSA) is 29.0 Å².